The summed E-state index contributed by atoms with van der Waals surface area (Å²) in [4.78, 5) is 6.78. The van der Waals surface area contributed by atoms with Crippen molar-refractivity contribution in [1.29, 1.82) is 0 Å². The Morgan fingerprint density at radius 3 is 2.48 bits per heavy atom. The molecule has 8 heteroatoms. The third kappa shape index (κ3) is 6.10. The highest BCUT2D eigenvalue weighted by molar-refractivity contribution is 7.89. The number of methoxy groups -OCH3 is 1. The van der Waals surface area contributed by atoms with Gasteiger partial charge in [0.2, 0.25) is 10.0 Å². The number of nitrogens with zero attached hydrogens (tertiary/aromatic N) is 2. The summed E-state index contributed by atoms with van der Waals surface area (Å²) in [5.41, 5.74) is 1.98. The highest BCUT2D eigenvalue weighted by Gasteiger charge is 2.28. The molecule has 0 bridgehead atoms. The SMILES string of the molecule is COc1ccc(S(=O)(=O)NC2CCCN2CCCOc2ccc(-c3ccccn3)cc2)cc1. The van der Waals surface area contributed by atoms with Crippen LogP contribution in [-0.4, -0.2) is 51.3 Å². The first-order chi connectivity index (χ1) is 16.0. The lowest BCUT2D eigenvalue weighted by Crippen LogP contribution is -2.44. The average molecular weight is 468 g/mol. The molecule has 2 aromatic carbocycles. The van der Waals surface area contributed by atoms with Gasteiger partial charge >= 0.3 is 0 Å². The number of hydrogen-bond acceptors (Lipinski definition) is 6. The Morgan fingerprint density at radius 1 is 1.03 bits per heavy atom. The standard InChI is InChI=1S/C25H29N3O4S/c1-31-21-12-14-23(15-13-21)33(29,30)27-25-7-4-17-28(25)18-5-19-32-22-10-8-20(9-11-22)24-6-2-3-16-26-24/h2-3,6,8-16,25,27H,4-5,7,17-19H2,1H3. The molecule has 0 spiro atoms. The molecule has 2 heterocycles. The lowest BCUT2D eigenvalue weighted by molar-refractivity contribution is 0.214. The van der Waals surface area contributed by atoms with Gasteiger partial charge in [0.15, 0.2) is 0 Å². The van der Waals surface area contributed by atoms with Crippen LogP contribution in [0.25, 0.3) is 11.3 Å². The molecule has 1 aromatic heterocycles. The maximum absolute atomic E-state index is 12.8. The molecule has 1 aliphatic rings. The second kappa shape index (κ2) is 10.8. The lowest BCUT2D eigenvalue weighted by atomic mass is 10.1. The van der Waals surface area contributed by atoms with E-state index in [9.17, 15) is 8.42 Å². The average Bonchev–Trinajstić information content (AvgIpc) is 3.29. The molecule has 1 aliphatic heterocycles. The maximum atomic E-state index is 12.8. The van der Waals surface area contributed by atoms with Crippen LogP contribution in [0, 0.1) is 0 Å². The minimum Gasteiger partial charge on any atom is -0.497 e. The van der Waals surface area contributed by atoms with Crippen molar-refractivity contribution < 1.29 is 17.9 Å². The monoisotopic (exact) mass is 467 g/mol. The summed E-state index contributed by atoms with van der Waals surface area (Å²) >= 11 is 0. The Morgan fingerprint density at radius 2 is 1.79 bits per heavy atom. The Hall–Kier alpha value is -2.94. The van der Waals surface area contributed by atoms with Crippen LogP contribution in [-0.2, 0) is 10.0 Å². The number of nitrogens with one attached hydrogen (secondary N) is 1. The van der Waals surface area contributed by atoms with Crippen molar-refractivity contribution >= 4 is 10.0 Å². The van der Waals surface area contributed by atoms with E-state index in [-0.39, 0.29) is 11.1 Å². The number of aromatic nitrogens is 1. The Kier molecular flexibility index (Phi) is 7.59. The summed E-state index contributed by atoms with van der Waals surface area (Å²) in [5, 5.41) is 0. The molecular weight excluding hydrogens is 438 g/mol. The van der Waals surface area contributed by atoms with Crippen molar-refractivity contribution in [2.75, 3.05) is 26.8 Å². The third-order valence-electron chi connectivity index (χ3n) is 5.70. The molecule has 1 atom stereocenters. The van der Waals surface area contributed by atoms with Gasteiger partial charge in [0.05, 0.1) is 30.5 Å². The summed E-state index contributed by atoms with van der Waals surface area (Å²) < 4.78 is 39.4. The molecule has 3 aromatic rings. The first-order valence-corrected chi connectivity index (χ1v) is 12.6. The fraction of sp³-hybridized carbons (Fsp3) is 0.320. The van der Waals surface area contributed by atoms with Gasteiger partial charge in [-0.3, -0.25) is 9.88 Å². The summed E-state index contributed by atoms with van der Waals surface area (Å²) in [5.74, 6) is 1.44. The van der Waals surface area contributed by atoms with E-state index in [1.807, 2.05) is 42.5 Å². The van der Waals surface area contributed by atoms with E-state index >= 15 is 0 Å². The van der Waals surface area contributed by atoms with Crippen LogP contribution in [0.1, 0.15) is 19.3 Å². The first-order valence-electron chi connectivity index (χ1n) is 11.1. The van der Waals surface area contributed by atoms with Crippen LogP contribution in [0.5, 0.6) is 11.5 Å². The van der Waals surface area contributed by atoms with Gasteiger partial charge in [0, 0.05) is 18.3 Å². The van der Waals surface area contributed by atoms with Crippen LogP contribution in [0.2, 0.25) is 0 Å². The zero-order valence-electron chi connectivity index (χ0n) is 18.7. The van der Waals surface area contributed by atoms with E-state index in [1.54, 1.807) is 37.6 Å². The second-order valence-electron chi connectivity index (χ2n) is 7.93. The fourth-order valence-corrected chi connectivity index (χ4v) is 5.20. The van der Waals surface area contributed by atoms with Crippen LogP contribution < -0.4 is 14.2 Å². The molecule has 0 amide bonds. The van der Waals surface area contributed by atoms with Crippen LogP contribution in [0.4, 0.5) is 0 Å². The quantitative estimate of drug-likeness (QED) is 0.455. The molecule has 1 unspecified atom stereocenters. The van der Waals surface area contributed by atoms with Gasteiger partial charge in [-0.25, -0.2) is 8.42 Å². The summed E-state index contributed by atoms with van der Waals surface area (Å²) in [7, 11) is -2.03. The van der Waals surface area contributed by atoms with Crippen molar-refractivity contribution in [3.05, 3.63) is 72.9 Å². The molecule has 1 saturated heterocycles. The maximum Gasteiger partial charge on any atom is 0.241 e. The minimum atomic E-state index is -3.59. The number of likely N-dealkylation sites (tertiary alicyclic amines) is 1. The van der Waals surface area contributed by atoms with Crippen LogP contribution in [0.3, 0.4) is 0 Å². The normalized spacial score (nSPS) is 16.6. The van der Waals surface area contributed by atoms with E-state index in [1.165, 1.54) is 0 Å². The fourth-order valence-electron chi connectivity index (χ4n) is 3.94. The highest BCUT2D eigenvalue weighted by Crippen LogP contribution is 2.22. The number of sulfonamides is 1. The van der Waals surface area contributed by atoms with E-state index in [0.29, 0.717) is 12.4 Å². The molecule has 0 saturated carbocycles. The van der Waals surface area contributed by atoms with Gasteiger partial charge in [-0.2, -0.15) is 4.72 Å². The topological polar surface area (TPSA) is 80.8 Å². The zero-order valence-corrected chi connectivity index (χ0v) is 19.5. The lowest BCUT2D eigenvalue weighted by Gasteiger charge is -2.25. The number of rotatable bonds is 10. The Labute approximate surface area is 195 Å². The van der Waals surface area contributed by atoms with Crippen molar-refractivity contribution in [3.63, 3.8) is 0 Å². The second-order valence-corrected chi connectivity index (χ2v) is 9.65. The molecule has 0 aliphatic carbocycles. The van der Waals surface area contributed by atoms with Gasteiger partial charge < -0.3 is 9.47 Å². The first kappa shape index (κ1) is 23.2. The smallest absolute Gasteiger partial charge is 0.241 e. The van der Waals surface area contributed by atoms with Crippen molar-refractivity contribution in [2.45, 2.75) is 30.3 Å². The summed E-state index contributed by atoms with van der Waals surface area (Å²) in [6.07, 6.45) is 4.15. The molecule has 174 valence electrons. The van der Waals surface area contributed by atoms with Gasteiger partial charge in [0.1, 0.15) is 11.5 Å². The van der Waals surface area contributed by atoms with Crippen molar-refractivity contribution in [1.82, 2.24) is 14.6 Å². The zero-order chi connectivity index (χ0) is 23.1. The Bertz CT molecular complexity index is 1120. The predicted octanol–water partition coefficient (Wildman–Crippen LogP) is 3.93. The molecular formula is C25H29N3O4S. The predicted molar refractivity (Wildman–Crippen MR) is 128 cm³/mol. The van der Waals surface area contributed by atoms with E-state index < -0.39 is 10.0 Å². The summed E-state index contributed by atoms with van der Waals surface area (Å²) in [6, 6.07) is 20.2. The van der Waals surface area contributed by atoms with Gasteiger partial charge in [-0.15, -0.1) is 0 Å². The molecule has 7 nitrogen and oxygen atoms in total. The molecule has 1 fully saturated rings. The number of benzene rings is 2. The molecule has 4 rings (SSSR count). The number of ether oxygens (including phenoxy) is 2. The summed E-state index contributed by atoms with van der Waals surface area (Å²) in [6.45, 7) is 2.20. The van der Waals surface area contributed by atoms with Gasteiger partial charge in [-0.1, -0.05) is 6.07 Å². The number of hydrogen-bond donors (Lipinski definition) is 1. The highest BCUT2D eigenvalue weighted by atomic mass is 32.2. The molecule has 1 N–H and O–H groups in total. The number of pyridine rings is 1. The van der Waals surface area contributed by atoms with Gasteiger partial charge in [-0.05, 0) is 86.5 Å². The van der Waals surface area contributed by atoms with Gasteiger partial charge in [0.25, 0.3) is 0 Å². The van der Waals surface area contributed by atoms with Crippen LogP contribution >= 0.6 is 0 Å². The third-order valence-corrected chi connectivity index (χ3v) is 7.17. The Balaban J connectivity index is 1.25. The van der Waals surface area contributed by atoms with E-state index in [0.717, 1.165) is 49.4 Å². The van der Waals surface area contributed by atoms with Crippen molar-refractivity contribution in [3.8, 4) is 22.8 Å². The molecule has 33 heavy (non-hydrogen) atoms. The van der Waals surface area contributed by atoms with Crippen LogP contribution in [0.15, 0.2) is 77.8 Å². The minimum absolute atomic E-state index is 0.199. The van der Waals surface area contributed by atoms with E-state index in [2.05, 4.69) is 14.6 Å². The van der Waals surface area contributed by atoms with Crippen molar-refractivity contribution in [2.24, 2.45) is 0 Å². The largest absolute Gasteiger partial charge is 0.497 e. The molecule has 0 radical (unpaired) electrons. The van der Waals surface area contributed by atoms with E-state index in [4.69, 9.17) is 9.47 Å².